The van der Waals surface area contributed by atoms with E-state index in [9.17, 15) is 0 Å². The second-order valence-electron chi connectivity index (χ2n) is 4.85. The Morgan fingerprint density at radius 3 is 2.67 bits per heavy atom. The number of benzene rings is 2. The normalized spacial score (nSPS) is 11.0. The first kappa shape index (κ1) is 13.8. The number of nitrogens with zero attached hydrogens (tertiary/aromatic N) is 2. The Hall–Kier alpha value is -2.20. The van der Waals surface area contributed by atoms with Crippen molar-refractivity contribution in [1.82, 2.24) is 9.55 Å². The van der Waals surface area contributed by atoms with Crippen molar-refractivity contribution < 1.29 is 4.74 Å². The van der Waals surface area contributed by atoms with Gasteiger partial charge in [0, 0.05) is 17.6 Å². The predicted molar refractivity (Wildman–Crippen MR) is 85.9 cm³/mol. The second kappa shape index (κ2) is 5.66. The molecule has 0 saturated carbocycles. The molecule has 1 aromatic heterocycles. The number of nitrogen functional groups attached to an aromatic ring is 1. The standard InChI is InChI=1S/C16H16ClN3O/c1-21-13-6-7-14-15(10-13)20(16(18)19-14)9-8-11-2-4-12(17)5-3-11/h2-7,10H,8-9H2,1H3,(H2,18,19). The smallest absolute Gasteiger partial charge is 0.201 e. The number of hydrogen-bond acceptors (Lipinski definition) is 3. The Kier molecular flexibility index (Phi) is 3.71. The van der Waals surface area contributed by atoms with Crippen molar-refractivity contribution in [2.45, 2.75) is 13.0 Å². The van der Waals surface area contributed by atoms with Crippen molar-refractivity contribution in [2.75, 3.05) is 12.8 Å². The number of hydrogen-bond donors (Lipinski definition) is 1. The van der Waals surface area contributed by atoms with Gasteiger partial charge in [0.15, 0.2) is 0 Å². The molecule has 5 heteroatoms. The van der Waals surface area contributed by atoms with Crippen LogP contribution < -0.4 is 10.5 Å². The van der Waals surface area contributed by atoms with E-state index < -0.39 is 0 Å². The lowest BCUT2D eigenvalue weighted by atomic mass is 10.1. The van der Waals surface area contributed by atoms with Gasteiger partial charge in [-0.1, -0.05) is 23.7 Å². The van der Waals surface area contributed by atoms with E-state index in [1.54, 1.807) is 7.11 Å². The van der Waals surface area contributed by atoms with Gasteiger partial charge in [-0.2, -0.15) is 0 Å². The van der Waals surface area contributed by atoms with Gasteiger partial charge < -0.3 is 15.0 Å². The Morgan fingerprint density at radius 1 is 1.19 bits per heavy atom. The average molecular weight is 302 g/mol. The number of rotatable bonds is 4. The van der Waals surface area contributed by atoms with Crippen molar-refractivity contribution in [3.8, 4) is 5.75 Å². The van der Waals surface area contributed by atoms with E-state index in [2.05, 4.69) is 4.98 Å². The third-order valence-electron chi connectivity index (χ3n) is 3.52. The fourth-order valence-electron chi connectivity index (χ4n) is 2.38. The molecule has 0 fully saturated rings. The quantitative estimate of drug-likeness (QED) is 0.802. The highest BCUT2D eigenvalue weighted by molar-refractivity contribution is 6.30. The van der Waals surface area contributed by atoms with Gasteiger partial charge in [0.2, 0.25) is 5.95 Å². The molecule has 0 spiro atoms. The van der Waals surface area contributed by atoms with E-state index in [0.717, 1.165) is 34.8 Å². The maximum absolute atomic E-state index is 6.02. The fraction of sp³-hybridized carbons (Fsp3) is 0.188. The minimum absolute atomic E-state index is 0.521. The highest BCUT2D eigenvalue weighted by Crippen LogP contribution is 2.23. The molecular weight excluding hydrogens is 286 g/mol. The maximum atomic E-state index is 6.02. The molecule has 0 aliphatic heterocycles. The van der Waals surface area contributed by atoms with Crippen LogP contribution in [-0.2, 0) is 13.0 Å². The molecule has 0 radical (unpaired) electrons. The number of ether oxygens (including phenoxy) is 1. The van der Waals surface area contributed by atoms with Gasteiger partial charge in [0.1, 0.15) is 5.75 Å². The number of anilines is 1. The molecule has 0 bridgehead atoms. The van der Waals surface area contributed by atoms with Crippen LogP contribution >= 0.6 is 11.6 Å². The lowest BCUT2D eigenvalue weighted by molar-refractivity contribution is 0.415. The van der Waals surface area contributed by atoms with Crippen molar-refractivity contribution in [1.29, 1.82) is 0 Å². The summed E-state index contributed by atoms with van der Waals surface area (Å²) in [5.41, 5.74) is 9.10. The topological polar surface area (TPSA) is 53.1 Å². The van der Waals surface area contributed by atoms with Gasteiger partial charge in [-0.15, -0.1) is 0 Å². The summed E-state index contributed by atoms with van der Waals surface area (Å²) in [6.45, 7) is 0.761. The molecule has 0 aliphatic rings. The van der Waals surface area contributed by atoms with Crippen LogP contribution in [0.5, 0.6) is 5.75 Å². The van der Waals surface area contributed by atoms with Gasteiger partial charge in [0.05, 0.1) is 18.1 Å². The van der Waals surface area contributed by atoms with Gasteiger partial charge in [-0.25, -0.2) is 4.98 Å². The minimum atomic E-state index is 0.521. The number of fused-ring (bicyclic) bond motifs is 1. The fourth-order valence-corrected chi connectivity index (χ4v) is 2.50. The second-order valence-corrected chi connectivity index (χ2v) is 5.29. The molecule has 1 heterocycles. The van der Waals surface area contributed by atoms with Crippen LogP contribution in [0.1, 0.15) is 5.56 Å². The van der Waals surface area contributed by atoms with E-state index >= 15 is 0 Å². The first-order valence-corrected chi connectivity index (χ1v) is 7.09. The monoisotopic (exact) mass is 301 g/mol. The van der Waals surface area contributed by atoms with Crippen LogP contribution in [0.2, 0.25) is 5.02 Å². The van der Waals surface area contributed by atoms with Crippen molar-refractivity contribution in [3.05, 3.63) is 53.1 Å². The summed E-state index contributed by atoms with van der Waals surface area (Å²) in [4.78, 5) is 4.38. The van der Waals surface area contributed by atoms with Crippen LogP contribution in [0.4, 0.5) is 5.95 Å². The summed E-state index contributed by atoms with van der Waals surface area (Å²) in [6.07, 6.45) is 0.865. The molecule has 0 unspecified atom stereocenters. The largest absolute Gasteiger partial charge is 0.497 e. The van der Waals surface area contributed by atoms with E-state index in [4.69, 9.17) is 22.1 Å². The van der Waals surface area contributed by atoms with Gasteiger partial charge >= 0.3 is 0 Å². The Labute approximate surface area is 128 Å². The van der Waals surface area contributed by atoms with Crippen LogP contribution in [0, 0.1) is 0 Å². The summed E-state index contributed by atoms with van der Waals surface area (Å²) in [7, 11) is 1.65. The van der Waals surface area contributed by atoms with E-state index in [1.807, 2.05) is 47.0 Å². The lowest BCUT2D eigenvalue weighted by Crippen LogP contribution is -2.05. The Bertz CT molecular complexity index is 765. The first-order chi connectivity index (χ1) is 10.2. The van der Waals surface area contributed by atoms with E-state index in [-0.39, 0.29) is 0 Å². The minimum Gasteiger partial charge on any atom is -0.497 e. The van der Waals surface area contributed by atoms with Crippen LogP contribution in [0.3, 0.4) is 0 Å². The number of aromatic nitrogens is 2. The molecule has 2 aromatic carbocycles. The predicted octanol–water partition coefficient (Wildman–Crippen LogP) is 3.52. The third kappa shape index (κ3) is 2.81. The molecule has 3 rings (SSSR count). The number of halogens is 1. The van der Waals surface area contributed by atoms with Crippen LogP contribution in [0.25, 0.3) is 11.0 Å². The van der Waals surface area contributed by atoms with Gasteiger partial charge in [0.25, 0.3) is 0 Å². The maximum Gasteiger partial charge on any atom is 0.201 e. The first-order valence-electron chi connectivity index (χ1n) is 6.71. The summed E-state index contributed by atoms with van der Waals surface area (Å²) in [5.74, 6) is 1.32. The summed E-state index contributed by atoms with van der Waals surface area (Å²) < 4.78 is 7.27. The molecule has 21 heavy (non-hydrogen) atoms. The number of methoxy groups -OCH3 is 1. The zero-order chi connectivity index (χ0) is 14.8. The van der Waals surface area contributed by atoms with Crippen molar-refractivity contribution in [2.24, 2.45) is 0 Å². The molecule has 0 atom stereocenters. The number of aryl methyl sites for hydroxylation is 2. The highest BCUT2D eigenvalue weighted by Gasteiger charge is 2.09. The Balaban J connectivity index is 1.88. The molecule has 0 saturated heterocycles. The molecule has 108 valence electrons. The van der Waals surface area contributed by atoms with Gasteiger partial charge in [-0.05, 0) is 36.2 Å². The summed E-state index contributed by atoms with van der Waals surface area (Å²) >= 11 is 5.90. The summed E-state index contributed by atoms with van der Waals surface area (Å²) in [5, 5.41) is 0.746. The lowest BCUT2D eigenvalue weighted by Gasteiger charge is -2.07. The molecule has 0 amide bonds. The van der Waals surface area contributed by atoms with E-state index in [1.165, 1.54) is 5.56 Å². The van der Waals surface area contributed by atoms with Crippen LogP contribution in [0.15, 0.2) is 42.5 Å². The van der Waals surface area contributed by atoms with E-state index in [0.29, 0.717) is 5.95 Å². The molecular formula is C16H16ClN3O. The number of imidazole rings is 1. The zero-order valence-electron chi connectivity index (χ0n) is 11.7. The third-order valence-corrected chi connectivity index (χ3v) is 3.77. The van der Waals surface area contributed by atoms with Crippen molar-refractivity contribution in [3.63, 3.8) is 0 Å². The molecule has 0 aliphatic carbocycles. The SMILES string of the molecule is COc1ccc2nc(N)n(CCc3ccc(Cl)cc3)c2c1. The van der Waals surface area contributed by atoms with Crippen molar-refractivity contribution >= 4 is 28.6 Å². The molecule has 4 nitrogen and oxygen atoms in total. The average Bonchev–Trinajstić information content (AvgIpc) is 2.81. The zero-order valence-corrected chi connectivity index (χ0v) is 12.5. The van der Waals surface area contributed by atoms with Crippen LogP contribution in [-0.4, -0.2) is 16.7 Å². The Morgan fingerprint density at radius 2 is 1.95 bits per heavy atom. The number of nitrogens with two attached hydrogens (primary N) is 1. The highest BCUT2D eigenvalue weighted by atomic mass is 35.5. The molecule has 3 aromatic rings. The van der Waals surface area contributed by atoms with Gasteiger partial charge in [-0.3, -0.25) is 0 Å². The molecule has 2 N–H and O–H groups in total. The summed E-state index contributed by atoms with van der Waals surface area (Å²) in [6, 6.07) is 13.6.